The highest BCUT2D eigenvalue weighted by atomic mass is 35.5. The standard InChI is InChI=1S/C14H18ClNO3/c1-19-14(18)13(11-7-3-2-4-8-11)16-12(17)9-5-6-10-15/h2-4,7-8,13H,5-6,9-10H2,1H3,(H,16,17). The fraction of sp³-hybridized carbons (Fsp3) is 0.429. The third-order valence-corrected chi connectivity index (χ3v) is 2.93. The molecule has 1 atom stereocenters. The summed E-state index contributed by atoms with van der Waals surface area (Å²) in [6, 6.07) is 8.27. The molecule has 0 saturated heterocycles. The van der Waals surface area contributed by atoms with E-state index < -0.39 is 12.0 Å². The lowest BCUT2D eigenvalue weighted by Crippen LogP contribution is -2.34. The van der Waals surface area contributed by atoms with E-state index in [0.717, 1.165) is 6.42 Å². The molecular formula is C14H18ClNO3. The number of methoxy groups -OCH3 is 1. The number of esters is 1. The zero-order valence-corrected chi connectivity index (χ0v) is 11.7. The SMILES string of the molecule is COC(=O)C(NC(=O)CCCCCl)c1ccccc1. The molecule has 0 aliphatic carbocycles. The van der Waals surface area contributed by atoms with Gasteiger partial charge >= 0.3 is 5.97 Å². The molecule has 1 rings (SSSR count). The largest absolute Gasteiger partial charge is 0.467 e. The van der Waals surface area contributed by atoms with Crippen molar-refractivity contribution in [3.63, 3.8) is 0 Å². The Kier molecular flexibility index (Phi) is 6.97. The van der Waals surface area contributed by atoms with Crippen LogP contribution in [0.15, 0.2) is 30.3 Å². The van der Waals surface area contributed by atoms with Crippen molar-refractivity contribution in [3.05, 3.63) is 35.9 Å². The van der Waals surface area contributed by atoms with Crippen LogP contribution in [0.1, 0.15) is 30.9 Å². The first kappa shape index (κ1) is 15.5. The van der Waals surface area contributed by atoms with E-state index in [1.54, 1.807) is 12.1 Å². The summed E-state index contributed by atoms with van der Waals surface area (Å²) in [5.41, 5.74) is 0.708. The summed E-state index contributed by atoms with van der Waals surface area (Å²) in [6.45, 7) is 0. The fourth-order valence-corrected chi connectivity index (χ4v) is 1.84. The van der Waals surface area contributed by atoms with Crippen molar-refractivity contribution in [2.45, 2.75) is 25.3 Å². The van der Waals surface area contributed by atoms with E-state index >= 15 is 0 Å². The second kappa shape index (κ2) is 8.53. The summed E-state index contributed by atoms with van der Waals surface area (Å²) in [5, 5.41) is 2.69. The molecule has 1 aromatic carbocycles. The molecule has 1 aromatic rings. The maximum atomic E-state index is 11.8. The Morgan fingerprint density at radius 1 is 1.26 bits per heavy atom. The summed E-state index contributed by atoms with van der Waals surface area (Å²) in [5.74, 6) is -0.117. The highest BCUT2D eigenvalue weighted by molar-refractivity contribution is 6.17. The number of unbranched alkanes of at least 4 members (excludes halogenated alkanes) is 1. The number of amides is 1. The van der Waals surface area contributed by atoms with Gasteiger partial charge in [-0.3, -0.25) is 4.79 Å². The normalized spacial score (nSPS) is 11.7. The van der Waals surface area contributed by atoms with Crippen LogP contribution in [0.4, 0.5) is 0 Å². The average molecular weight is 284 g/mol. The van der Waals surface area contributed by atoms with Crippen molar-refractivity contribution in [2.24, 2.45) is 0 Å². The summed E-state index contributed by atoms with van der Waals surface area (Å²) < 4.78 is 4.72. The van der Waals surface area contributed by atoms with Crippen molar-refractivity contribution >= 4 is 23.5 Å². The van der Waals surface area contributed by atoms with E-state index in [4.69, 9.17) is 16.3 Å². The van der Waals surface area contributed by atoms with Crippen LogP contribution in [0.25, 0.3) is 0 Å². The lowest BCUT2D eigenvalue weighted by molar-refractivity contribution is -0.145. The van der Waals surface area contributed by atoms with Crippen LogP contribution in [0, 0.1) is 0 Å². The Morgan fingerprint density at radius 2 is 1.95 bits per heavy atom. The molecule has 0 saturated carbocycles. The van der Waals surface area contributed by atoms with Gasteiger partial charge in [0.15, 0.2) is 6.04 Å². The number of alkyl halides is 1. The topological polar surface area (TPSA) is 55.4 Å². The van der Waals surface area contributed by atoms with Crippen molar-refractivity contribution in [3.8, 4) is 0 Å². The van der Waals surface area contributed by atoms with Gasteiger partial charge in [0.1, 0.15) is 0 Å². The molecule has 0 heterocycles. The maximum Gasteiger partial charge on any atom is 0.333 e. The number of halogens is 1. The molecule has 5 heteroatoms. The number of benzene rings is 1. The molecular weight excluding hydrogens is 266 g/mol. The summed E-state index contributed by atoms with van der Waals surface area (Å²) in [4.78, 5) is 23.5. The predicted octanol–water partition coefficient (Wildman–Crippen LogP) is 2.43. The Hall–Kier alpha value is -1.55. The van der Waals surface area contributed by atoms with Crippen molar-refractivity contribution < 1.29 is 14.3 Å². The minimum Gasteiger partial charge on any atom is -0.467 e. The van der Waals surface area contributed by atoms with E-state index in [2.05, 4.69) is 5.32 Å². The van der Waals surface area contributed by atoms with Gasteiger partial charge in [-0.15, -0.1) is 11.6 Å². The van der Waals surface area contributed by atoms with Crippen LogP contribution in [0.5, 0.6) is 0 Å². The second-order valence-corrected chi connectivity index (χ2v) is 4.46. The minimum absolute atomic E-state index is 0.177. The molecule has 0 radical (unpaired) electrons. The quantitative estimate of drug-likeness (QED) is 0.475. The lowest BCUT2D eigenvalue weighted by atomic mass is 10.1. The van der Waals surface area contributed by atoms with Crippen molar-refractivity contribution in [2.75, 3.05) is 13.0 Å². The van der Waals surface area contributed by atoms with Gasteiger partial charge in [0.05, 0.1) is 7.11 Å². The molecule has 1 unspecified atom stereocenters. The highest BCUT2D eigenvalue weighted by Gasteiger charge is 2.22. The molecule has 104 valence electrons. The number of hydrogen-bond acceptors (Lipinski definition) is 3. The predicted molar refractivity (Wildman–Crippen MR) is 73.9 cm³/mol. The third kappa shape index (κ3) is 5.30. The number of nitrogens with one attached hydrogen (secondary N) is 1. The summed E-state index contributed by atoms with van der Waals surface area (Å²) in [6.07, 6.45) is 1.84. The fourth-order valence-electron chi connectivity index (χ4n) is 1.65. The van der Waals surface area contributed by atoms with Gasteiger partial charge in [-0.25, -0.2) is 4.79 Å². The number of ether oxygens (including phenoxy) is 1. The first-order valence-electron chi connectivity index (χ1n) is 6.17. The van der Waals surface area contributed by atoms with Crippen molar-refractivity contribution in [1.82, 2.24) is 5.32 Å². The molecule has 0 spiro atoms. The van der Waals surface area contributed by atoms with Crippen molar-refractivity contribution in [1.29, 1.82) is 0 Å². The van der Waals surface area contributed by atoms with Crippen LogP contribution in [-0.2, 0) is 14.3 Å². The van der Waals surface area contributed by atoms with Crippen LogP contribution < -0.4 is 5.32 Å². The number of carbonyl (C=O) groups is 2. The monoisotopic (exact) mass is 283 g/mol. The number of rotatable bonds is 7. The van der Waals surface area contributed by atoms with E-state index in [-0.39, 0.29) is 5.91 Å². The molecule has 0 aliphatic heterocycles. The molecule has 0 fully saturated rings. The first-order valence-corrected chi connectivity index (χ1v) is 6.70. The first-order chi connectivity index (χ1) is 9.19. The smallest absolute Gasteiger partial charge is 0.333 e. The van der Waals surface area contributed by atoms with Gasteiger partial charge < -0.3 is 10.1 Å². The Bertz CT molecular complexity index is 408. The van der Waals surface area contributed by atoms with Crippen LogP contribution in [-0.4, -0.2) is 24.9 Å². The van der Waals surface area contributed by atoms with E-state index in [0.29, 0.717) is 24.3 Å². The molecule has 0 aromatic heterocycles. The van der Waals surface area contributed by atoms with Crippen LogP contribution in [0.3, 0.4) is 0 Å². The molecule has 0 bridgehead atoms. The summed E-state index contributed by atoms with van der Waals surface area (Å²) >= 11 is 5.55. The van der Waals surface area contributed by atoms with Gasteiger partial charge in [-0.1, -0.05) is 30.3 Å². The minimum atomic E-state index is -0.755. The molecule has 4 nitrogen and oxygen atoms in total. The van der Waals surface area contributed by atoms with E-state index in [1.807, 2.05) is 18.2 Å². The third-order valence-electron chi connectivity index (χ3n) is 2.66. The number of carbonyl (C=O) groups excluding carboxylic acids is 2. The average Bonchev–Trinajstić information content (AvgIpc) is 2.45. The summed E-state index contributed by atoms with van der Waals surface area (Å²) in [7, 11) is 1.30. The molecule has 0 aliphatic rings. The van der Waals surface area contributed by atoms with Gasteiger partial charge in [0.25, 0.3) is 0 Å². The Labute approximate surface area is 118 Å². The highest BCUT2D eigenvalue weighted by Crippen LogP contribution is 2.14. The van der Waals surface area contributed by atoms with Gasteiger partial charge in [-0.2, -0.15) is 0 Å². The zero-order valence-electron chi connectivity index (χ0n) is 10.9. The van der Waals surface area contributed by atoms with Gasteiger partial charge in [-0.05, 0) is 18.4 Å². The van der Waals surface area contributed by atoms with E-state index in [1.165, 1.54) is 7.11 Å². The zero-order chi connectivity index (χ0) is 14.1. The molecule has 19 heavy (non-hydrogen) atoms. The maximum absolute atomic E-state index is 11.8. The number of hydrogen-bond donors (Lipinski definition) is 1. The van der Waals surface area contributed by atoms with Crippen LogP contribution in [0.2, 0.25) is 0 Å². The Balaban J connectivity index is 2.66. The van der Waals surface area contributed by atoms with E-state index in [9.17, 15) is 9.59 Å². The lowest BCUT2D eigenvalue weighted by Gasteiger charge is -2.16. The second-order valence-electron chi connectivity index (χ2n) is 4.08. The van der Waals surface area contributed by atoms with Gasteiger partial charge in [0, 0.05) is 12.3 Å². The Morgan fingerprint density at radius 3 is 2.53 bits per heavy atom. The van der Waals surface area contributed by atoms with Crippen LogP contribution >= 0.6 is 11.6 Å². The molecule has 1 amide bonds. The van der Waals surface area contributed by atoms with Gasteiger partial charge in [0.2, 0.25) is 5.91 Å². The molecule has 1 N–H and O–H groups in total.